The smallest absolute Gasteiger partial charge is 0.245 e. The molecule has 0 aromatic heterocycles. The van der Waals surface area contributed by atoms with Gasteiger partial charge in [-0.1, -0.05) is 28.1 Å². The molecule has 1 heterocycles. The summed E-state index contributed by atoms with van der Waals surface area (Å²) in [5, 5.41) is 4.05. The minimum atomic E-state index is -0.457. The lowest BCUT2D eigenvalue weighted by atomic mass is 10.1. The number of nitrogens with zero attached hydrogens (tertiary/aromatic N) is 2. The standard InChI is InChI=1S/C26H24BrN3O4/c1-33-23-12-8-22(9-13-23)30-16-20(14-25(30)31)26(32)29-28-15-18-4-10-24(11-5-18)34-17-19-2-6-21(27)7-3-19/h2-13,15,20H,14,16-17H2,1H3,(H,29,32)/b28-15+/t20-/m1/s1. The van der Waals surface area contributed by atoms with Crippen molar-refractivity contribution in [2.75, 3.05) is 18.6 Å². The molecule has 0 bridgehead atoms. The maximum atomic E-state index is 12.5. The molecule has 1 aliphatic rings. The Hall–Kier alpha value is -3.65. The molecule has 0 saturated carbocycles. The van der Waals surface area contributed by atoms with Gasteiger partial charge in [-0.25, -0.2) is 5.43 Å². The summed E-state index contributed by atoms with van der Waals surface area (Å²) < 4.78 is 12.0. The summed E-state index contributed by atoms with van der Waals surface area (Å²) in [6.07, 6.45) is 1.71. The van der Waals surface area contributed by atoms with Gasteiger partial charge in [-0.3, -0.25) is 9.59 Å². The average molecular weight is 522 g/mol. The predicted octanol–water partition coefficient (Wildman–Crippen LogP) is 4.54. The van der Waals surface area contributed by atoms with Crippen LogP contribution in [0.3, 0.4) is 0 Å². The van der Waals surface area contributed by atoms with Gasteiger partial charge in [-0.2, -0.15) is 5.10 Å². The number of hydrazone groups is 1. The van der Waals surface area contributed by atoms with E-state index in [9.17, 15) is 9.59 Å². The average Bonchev–Trinajstić information content (AvgIpc) is 3.26. The third-order valence-corrected chi connectivity index (χ3v) is 6.00. The van der Waals surface area contributed by atoms with E-state index >= 15 is 0 Å². The van der Waals surface area contributed by atoms with Gasteiger partial charge in [0.05, 0.1) is 19.2 Å². The van der Waals surface area contributed by atoms with Crippen LogP contribution in [0.25, 0.3) is 0 Å². The molecule has 1 saturated heterocycles. The molecule has 0 unspecified atom stereocenters. The molecule has 3 aromatic carbocycles. The van der Waals surface area contributed by atoms with E-state index in [0.717, 1.165) is 27.0 Å². The fraction of sp³-hybridized carbons (Fsp3) is 0.192. The second-order valence-corrected chi connectivity index (χ2v) is 8.74. The van der Waals surface area contributed by atoms with E-state index in [4.69, 9.17) is 9.47 Å². The van der Waals surface area contributed by atoms with Crippen LogP contribution in [-0.4, -0.2) is 31.7 Å². The second-order valence-electron chi connectivity index (χ2n) is 7.82. The molecule has 174 valence electrons. The summed E-state index contributed by atoms with van der Waals surface area (Å²) in [7, 11) is 1.59. The number of hydrogen-bond acceptors (Lipinski definition) is 5. The second kappa shape index (κ2) is 11.0. The highest BCUT2D eigenvalue weighted by Gasteiger charge is 2.35. The molecule has 1 N–H and O–H groups in total. The Bertz CT molecular complexity index is 1160. The molecular formula is C26H24BrN3O4. The number of hydrogen-bond donors (Lipinski definition) is 1. The van der Waals surface area contributed by atoms with E-state index < -0.39 is 5.92 Å². The normalized spacial score (nSPS) is 15.5. The molecule has 0 spiro atoms. The number of carbonyl (C=O) groups is 2. The molecule has 0 aliphatic carbocycles. The van der Waals surface area contributed by atoms with E-state index in [-0.39, 0.29) is 18.2 Å². The Morgan fingerprint density at radius 1 is 1.06 bits per heavy atom. The minimum Gasteiger partial charge on any atom is -0.497 e. The molecule has 1 atom stereocenters. The zero-order valence-corrected chi connectivity index (χ0v) is 20.2. The molecule has 7 nitrogen and oxygen atoms in total. The van der Waals surface area contributed by atoms with E-state index in [1.807, 2.05) is 48.5 Å². The van der Waals surface area contributed by atoms with Gasteiger partial charge in [0.2, 0.25) is 11.8 Å². The molecule has 4 rings (SSSR count). The number of nitrogens with one attached hydrogen (secondary N) is 1. The number of halogens is 1. The van der Waals surface area contributed by atoms with E-state index in [0.29, 0.717) is 18.9 Å². The van der Waals surface area contributed by atoms with Crippen molar-refractivity contribution in [1.29, 1.82) is 0 Å². The zero-order chi connectivity index (χ0) is 23.9. The SMILES string of the molecule is COc1ccc(N2C[C@H](C(=O)N/N=C/c3ccc(OCc4ccc(Br)cc4)cc3)CC2=O)cc1. The lowest BCUT2D eigenvalue weighted by molar-refractivity contribution is -0.126. The van der Waals surface area contributed by atoms with Crippen LogP contribution in [0.4, 0.5) is 5.69 Å². The van der Waals surface area contributed by atoms with Gasteiger partial charge in [-0.15, -0.1) is 0 Å². The first kappa shape index (κ1) is 23.5. The van der Waals surface area contributed by atoms with Crippen LogP contribution >= 0.6 is 15.9 Å². The predicted molar refractivity (Wildman–Crippen MR) is 134 cm³/mol. The lowest BCUT2D eigenvalue weighted by Gasteiger charge is -2.16. The molecular weight excluding hydrogens is 498 g/mol. The molecule has 3 aromatic rings. The largest absolute Gasteiger partial charge is 0.497 e. The minimum absolute atomic E-state index is 0.0898. The third kappa shape index (κ3) is 6.02. The Labute approximate surface area is 206 Å². The van der Waals surface area contributed by atoms with Crippen LogP contribution in [0, 0.1) is 5.92 Å². The first-order chi connectivity index (χ1) is 16.5. The fourth-order valence-corrected chi connectivity index (χ4v) is 3.82. The molecule has 0 radical (unpaired) electrons. The topological polar surface area (TPSA) is 80.2 Å². The Morgan fingerprint density at radius 2 is 1.74 bits per heavy atom. The zero-order valence-electron chi connectivity index (χ0n) is 18.6. The summed E-state index contributed by atoms with van der Waals surface area (Å²) in [4.78, 5) is 26.5. The van der Waals surface area contributed by atoms with Gasteiger partial charge in [0, 0.05) is 23.1 Å². The Balaban J connectivity index is 1.26. The molecule has 1 aliphatic heterocycles. The highest BCUT2D eigenvalue weighted by atomic mass is 79.9. The van der Waals surface area contributed by atoms with Gasteiger partial charge in [0.25, 0.3) is 0 Å². The first-order valence-electron chi connectivity index (χ1n) is 10.8. The Morgan fingerprint density at radius 3 is 2.41 bits per heavy atom. The van der Waals surface area contributed by atoms with Crippen LogP contribution in [0.15, 0.2) is 82.4 Å². The van der Waals surface area contributed by atoms with Crippen molar-refractivity contribution >= 4 is 39.6 Å². The number of methoxy groups -OCH3 is 1. The fourth-order valence-electron chi connectivity index (χ4n) is 3.55. The van der Waals surface area contributed by atoms with Gasteiger partial charge >= 0.3 is 0 Å². The van der Waals surface area contributed by atoms with Crippen molar-refractivity contribution in [2.45, 2.75) is 13.0 Å². The third-order valence-electron chi connectivity index (χ3n) is 5.47. The first-order valence-corrected chi connectivity index (χ1v) is 11.6. The summed E-state index contributed by atoms with van der Waals surface area (Å²) in [5.74, 6) is 0.625. The van der Waals surface area contributed by atoms with E-state index in [2.05, 4.69) is 26.5 Å². The molecule has 8 heteroatoms. The van der Waals surface area contributed by atoms with E-state index in [1.165, 1.54) is 0 Å². The number of benzene rings is 3. The number of rotatable bonds is 8. The number of amides is 2. The summed E-state index contributed by atoms with van der Waals surface area (Å²) in [6, 6.07) is 22.6. The van der Waals surface area contributed by atoms with Gasteiger partial charge in [0.1, 0.15) is 18.1 Å². The maximum Gasteiger partial charge on any atom is 0.245 e. The highest BCUT2D eigenvalue weighted by Crippen LogP contribution is 2.27. The van der Waals surface area contributed by atoms with Crippen LogP contribution in [-0.2, 0) is 16.2 Å². The highest BCUT2D eigenvalue weighted by molar-refractivity contribution is 9.10. The lowest BCUT2D eigenvalue weighted by Crippen LogP contribution is -2.30. The summed E-state index contributed by atoms with van der Waals surface area (Å²) in [5.41, 5.74) is 5.18. The molecule has 2 amide bonds. The van der Waals surface area contributed by atoms with Gasteiger partial charge < -0.3 is 14.4 Å². The van der Waals surface area contributed by atoms with Crippen LogP contribution in [0.5, 0.6) is 11.5 Å². The summed E-state index contributed by atoms with van der Waals surface area (Å²) in [6.45, 7) is 0.793. The summed E-state index contributed by atoms with van der Waals surface area (Å²) >= 11 is 3.42. The molecule has 1 fully saturated rings. The molecule has 34 heavy (non-hydrogen) atoms. The van der Waals surface area contributed by atoms with Crippen LogP contribution in [0.1, 0.15) is 17.5 Å². The van der Waals surface area contributed by atoms with Crippen molar-refractivity contribution in [3.05, 3.63) is 88.4 Å². The maximum absolute atomic E-state index is 12.5. The van der Waals surface area contributed by atoms with Crippen molar-refractivity contribution in [2.24, 2.45) is 11.0 Å². The number of carbonyl (C=O) groups excluding carboxylic acids is 2. The van der Waals surface area contributed by atoms with Crippen LogP contribution in [0.2, 0.25) is 0 Å². The van der Waals surface area contributed by atoms with E-state index in [1.54, 1.807) is 42.5 Å². The quantitative estimate of drug-likeness (QED) is 0.348. The van der Waals surface area contributed by atoms with Gasteiger partial charge in [0.15, 0.2) is 0 Å². The monoisotopic (exact) mass is 521 g/mol. The Kier molecular flexibility index (Phi) is 7.59. The van der Waals surface area contributed by atoms with Crippen molar-refractivity contribution in [1.82, 2.24) is 5.43 Å². The number of ether oxygens (including phenoxy) is 2. The van der Waals surface area contributed by atoms with Crippen molar-refractivity contribution in [3.8, 4) is 11.5 Å². The van der Waals surface area contributed by atoms with Crippen molar-refractivity contribution < 1.29 is 19.1 Å². The van der Waals surface area contributed by atoms with Gasteiger partial charge in [-0.05, 0) is 71.8 Å². The van der Waals surface area contributed by atoms with Crippen LogP contribution < -0.4 is 19.8 Å². The number of anilines is 1. The van der Waals surface area contributed by atoms with Crippen molar-refractivity contribution in [3.63, 3.8) is 0 Å².